The van der Waals surface area contributed by atoms with Gasteiger partial charge in [0.1, 0.15) is 39.2 Å². The van der Waals surface area contributed by atoms with Crippen molar-refractivity contribution >= 4 is 83.5 Å². The first-order chi connectivity index (χ1) is 50.0. The molecule has 5 aliphatic rings. The Morgan fingerprint density at radius 3 is 1.05 bits per heavy atom. The second-order valence-corrected chi connectivity index (χ2v) is 24.4. The lowest BCUT2D eigenvalue weighted by atomic mass is 10.1. The highest BCUT2D eigenvalue weighted by molar-refractivity contribution is 5.90. The first kappa shape index (κ1) is 62.7. The van der Waals surface area contributed by atoms with Crippen LogP contribution in [0, 0.1) is 6.92 Å². The van der Waals surface area contributed by atoms with Gasteiger partial charge in [-0.25, -0.2) is 24.9 Å². The Labute approximate surface area is 582 Å². The van der Waals surface area contributed by atoms with Crippen molar-refractivity contribution in [2.45, 2.75) is 39.6 Å². The number of fused-ring (bicyclic) bond motifs is 15. The molecule has 20 heteroatoms. The molecule has 0 spiro atoms. The number of pyridine rings is 8. The van der Waals surface area contributed by atoms with Gasteiger partial charge in [0.25, 0.3) is 0 Å². The number of nitrogens with zero attached hydrogens (tertiary/aromatic N) is 15. The van der Waals surface area contributed by atoms with Crippen molar-refractivity contribution in [1.82, 2.24) is 49.8 Å². The van der Waals surface area contributed by atoms with Crippen LogP contribution in [-0.4, -0.2) is 83.5 Å². The Kier molecular flexibility index (Phi) is 18.0. The first-order valence-corrected chi connectivity index (χ1v) is 33.3. The fourth-order valence-corrected chi connectivity index (χ4v) is 12.8. The number of anilines is 5. The summed E-state index contributed by atoms with van der Waals surface area (Å²) in [6, 6.07) is 69.0. The fraction of sp³-hybridized carbons (Fsp3) is 0.136. The molecule has 0 radical (unpaired) electrons. The van der Waals surface area contributed by atoms with E-state index >= 15 is 0 Å². The molecule has 14 heterocycles. The number of rotatable bonds is 5. The van der Waals surface area contributed by atoms with Gasteiger partial charge in [-0.3, -0.25) is 24.9 Å². The van der Waals surface area contributed by atoms with E-state index in [4.69, 9.17) is 23.7 Å². The van der Waals surface area contributed by atoms with Crippen molar-refractivity contribution in [2.24, 2.45) is 0 Å². The van der Waals surface area contributed by atoms with Gasteiger partial charge in [0.2, 0.25) is 5.95 Å². The molecule has 496 valence electrons. The van der Waals surface area contributed by atoms with Gasteiger partial charge in [0, 0.05) is 135 Å². The van der Waals surface area contributed by atoms with Crippen LogP contribution in [0.15, 0.2) is 268 Å². The Hall–Kier alpha value is -13.1. The zero-order valence-corrected chi connectivity index (χ0v) is 55.2. The summed E-state index contributed by atoms with van der Waals surface area (Å²) in [6.07, 6.45) is 17.9. The second kappa shape index (κ2) is 28.9. The van der Waals surface area contributed by atoms with Crippen LogP contribution in [-0.2, 0) is 32.7 Å². The van der Waals surface area contributed by atoms with E-state index in [0.717, 1.165) is 161 Å². The van der Waals surface area contributed by atoms with Gasteiger partial charge in [-0.05, 0) is 91.9 Å². The van der Waals surface area contributed by atoms with Crippen LogP contribution in [0.25, 0.3) is 54.5 Å². The van der Waals surface area contributed by atoms with E-state index in [1.165, 1.54) is 11.3 Å². The molecule has 20 rings (SSSR count). The van der Waals surface area contributed by atoms with Crippen molar-refractivity contribution < 1.29 is 23.7 Å². The second-order valence-electron chi connectivity index (χ2n) is 24.4. The van der Waals surface area contributed by atoms with Crippen LogP contribution in [0.4, 0.5) is 29.0 Å². The zero-order chi connectivity index (χ0) is 67.7. The SMILES string of the molecule is Cc1ccc2ccc3c(c2n1)OCN(c1ccccn1)C3.c1ccc(N2COc3c(ccc4cccnc34)C2)cc1.c1ccc(N2COc3c(ccc4cccnc34)C2)nc1.c1cnc(N2COc3c(ccc4cccnc34)C2)nc1.c1cncc(N2COc3c(ccc4cccnc34)C2)c1. The van der Waals surface area contributed by atoms with Crippen molar-refractivity contribution in [3.05, 3.63) is 302 Å². The van der Waals surface area contributed by atoms with Crippen molar-refractivity contribution in [3.63, 3.8) is 0 Å². The number of hydrogen-bond donors (Lipinski definition) is 0. The van der Waals surface area contributed by atoms with E-state index in [-0.39, 0.29) is 0 Å². The maximum Gasteiger partial charge on any atom is 0.228 e. The molecule has 0 unspecified atom stereocenters. The average Bonchev–Trinajstić information content (AvgIpc) is 0.837. The molecule has 101 heavy (non-hydrogen) atoms. The minimum Gasteiger partial charge on any atom is -0.470 e. The summed E-state index contributed by atoms with van der Waals surface area (Å²) in [5.74, 6) is 7.05. The minimum atomic E-state index is 0.437. The largest absolute Gasteiger partial charge is 0.470 e. The highest BCUT2D eigenvalue weighted by Crippen LogP contribution is 2.39. The number of hydrogen-bond acceptors (Lipinski definition) is 20. The smallest absolute Gasteiger partial charge is 0.228 e. The van der Waals surface area contributed by atoms with E-state index in [2.05, 4.69) is 167 Å². The van der Waals surface area contributed by atoms with Crippen LogP contribution >= 0.6 is 0 Å². The molecule has 0 atom stereocenters. The molecular formula is C81H67N15O5. The van der Waals surface area contributed by atoms with Gasteiger partial charge in [0.15, 0.2) is 62.4 Å². The molecule has 20 nitrogen and oxygen atoms in total. The topological polar surface area (TPSA) is 191 Å². The molecule has 0 saturated carbocycles. The van der Waals surface area contributed by atoms with E-state index in [9.17, 15) is 0 Å². The number of ether oxygens (including phenoxy) is 5. The van der Waals surface area contributed by atoms with Gasteiger partial charge < -0.3 is 48.2 Å². The molecule has 5 aliphatic heterocycles. The van der Waals surface area contributed by atoms with Gasteiger partial charge in [-0.2, -0.15) is 0 Å². The predicted octanol–water partition coefficient (Wildman–Crippen LogP) is 15.2. The lowest BCUT2D eigenvalue weighted by Crippen LogP contribution is -2.33. The highest BCUT2D eigenvalue weighted by atomic mass is 16.5. The molecule has 0 saturated heterocycles. The van der Waals surface area contributed by atoms with Crippen LogP contribution in [0.3, 0.4) is 0 Å². The predicted molar refractivity (Wildman–Crippen MR) is 393 cm³/mol. The minimum absolute atomic E-state index is 0.437. The normalized spacial score (nSPS) is 13.9. The summed E-state index contributed by atoms with van der Waals surface area (Å²) < 4.78 is 29.7. The maximum absolute atomic E-state index is 5.98. The third-order valence-electron chi connectivity index (χ3n) is 17.8. The lowest BCUT2D eigenvalue weighted by Gasteiger charge is -2.31. The Morgan fingerprint density at radius 2 is 0.614 bits per heavy atom. The van der Waals surface area contributed by atoms with Crippen molar-refractivity contribution in [3.8, 4) is 28.7 Å². The zero-order valence-electron chi connectivity index (χ0n) is 55.2. The first-order valence-electron chi connectivity index (χ1n) is 33.3. The van der Waals surface area contributed by atoms with Gasteiger partial charge in [-0.1, -0.05) is 121 Å². The third-order valence-corrected chi connectivity index (χ3v) is 17.8. The number of para-hydroxylation sites is 1. The molecule has 0 bridgehead atoms. The van der Waals surface area contributed by atoms with Crippen molar-refractivity contribution in [2.75, 3.05) is 58.2 Å². The molecule has 0 N–H and O–H groups in total. The standard InChI is InChI=1S/C17H15N3O.C17H14N2O.2C16H13N3O.C15H12N4O/c1-12-5-6-13-7-8-14-10-20(15-4-2-3-9-18-15)11-21-17(14)16(13)19-12;1-2-6-15(7-3-1)19-11-14-9-8-13-5-4-10-18-16(13)17(14)20-12-19;1-3-12-5-6-13-10-19(14-4-2-7-17-9-14)11-20-16(13)15(12)18-8-1;1-2-8-17-14(5-1)19-10-13-7-6-12-4-3-9-18-15(12)16(13)20-11-19;1-3-11-4-5-12-9-19(15-17-7-2-8-18-15)10-20-14(12)13(11)16-6-1/h2-9H,10-11H2,1H3;1-10H,11-12H2;2*1-9H,10-11H2;1-8H,9-10H2. The fourth-order valence-electron chi connectivity index (χ4n) is 12.8. The maximum atomic E-state index is 5.98. The quantitative estimate of drug-likeness (QED) is 0.158. The molecular weight excluding hydrogens is 1260 g/mol. The lowest BCUT2D eigenvalue weighted by molar-refractivity contribution is 0.290. The Balaban J connectivity index is 0.0000000980. The van der Waals surface area contributed by atoms with Gasteiger partial charge in [0.05, 0.1) is 31.5 Å². The average molecular weight is 1330 g/mol. The molecule has 0 fully saturated rings. The highest BCUT2D eigenvalue weighted by Gasteiger charge is 2.26. The van der Waals surface area contributed by atoms with E-state index < -0.39 is 0 Å². The summed E-state index contributed by atoms with van der Waals surface area (Å²) in [6.45, 7) is 8.50. The summed E-state index contributed by atoms with van der Waals surface area (Å²) >= 11 is 0. The molecule has 15 aromatic rings. The molecule has 9 aromatic heterocycles. The summed E-state index contributed by atoms with van der Waals surface area (Å²) in [5, 5.41) is 5.55. The summed E-state index contributed by atoms with van der Waals surface area (Å²) in [7, 11) is 0. The number of benzene rings is 6. The number of aryl methyl sites for hydroxylation is 1. The van der Waals surface area contributed by atoms with Crippen LogP contribution in [0.2, 0.25) is 0 Å². The van der Waals surface area contributed by atoms with Crippen LogP contribution in [0.5, 0.6) is 28.7 Å². The van der Waals surface area contributed by atoms with E-state index in [1.54, 1.807) is 55.6 Å². The van der Waals surface area contributed by atoms with Gasteiger partial charge in [-0.15, -0.1) is 0 Å². The Bertz CT molecular complexity index is 4860. The van der Waals surface area contributed by atoms with Gasteiger partial charge >= 0.3 is 0 Å². The number of aromatic nitrogens is 10. The van der Waals surface area contributed by atoms with Crippen molar-refractivity contribution in [1.29, 1.82) is 0 Å². The van der Waals surface area contributed by atoms with Crippen LogP contribution < -0.4 is 48.2 Å². The van der Waals surface area contributed by atoms with E-state index in [0.29, 0.717) is 39.6 Å². The van der Waals surface area contributed by atoms with E-state index in [1.807, 2.05) is 127 Å². The summed E-state index contributed by atoms with van der Waals surface area (Å²) in [5.41, 5.74) is 13.7. The monoisotopic (exact) mass is 1330 g/mol. The Morgan fingerprint density at radius 1 is 0.267 bits per heavy atom. The van der Waals surface area contributed by atoms with Crippen LogP contribution in [0.1, 0.15) is 33.5 Å². The molecule has 0 aliphatic carbocycles. The molecule has 0 amide bonds. The summed E-state index contributed by atoms with van der Waals surface area (Å²) in [4.78, 5) is 54.4. The molecule has 6 aromatic carbocycles. The third kappa shape index (κ3) is 13.7.